The molecule has 0 unspecified atom stereocenters. The lowest BCUT2D eigenvalue weighted by molar-refractivity contribution is 0.0955. The van der Waals surface area contributed by atoms with Gasteiger partial charge in [0.15, 0.2) is 0 Å². The van der Waals surface area contributed by atoms with E-state index in [0.717, 1.165) is 41.6 Å². The number of nitrogens with zero attached hydrogens (tertiary/aromatic N) is 4. The second-order valence-corrected chi connectivity index (χ2v) is 9.90. The molecule has 3 aromatic rings. The number of rotatable bonds is 11. The van der Waals surface area contributed by atoms with Crippen LogP contribution in [0.15, 0.2) is 40.8 Å². The van der Waals surface area contributed by atoms with Crippen LogP contribution in [0.3, 0.4) is 0 Å². The molecule has 1 N–H and O–H groups in total. The van der Waals surface area contributed by atoms with E-state index in [1.165, 1.54) is 0 Å². The highest BCUT2D eigenvalue weighted by Crippen LogP contribution is 2.49. The van der Waals surface area contributed by atoms with E-state index >= 15 is 0 Å². The summed E-state index contributed by atoms with van der Waals surface area (Å²) in [6, 6.07) is 7.64. The number of amidine groups is 1. The largest absolute Gasteiger partial charge is 0.495 e. The van der Waals surface area contributed by atoms with E-state index in [9.17, 15) is 0 Å². The van der Waals surface area contributed by atoms with Crippen molar-refractivity contribution in [3.05, 3.63) is 56.3 Å². The molecule has 1 aliphatic heterocycles. The molecule has 4 rings (SSSR count). The van der Waals surface area contributed by atoms with Crippen LogP contribution in [0.25, 0.3) is 0 Å². The summed E-state index contributed by atoms with van der Waals surface area (Å²) in [6.07, 6.45) is 1.83. The number of thiophene rings is 1. The van der Waals surface area contributed by atoms with E-state index in [1.807, 2.05) is 34.7 Å². The van der Waals surface area contributed by atoms with E-state index in [0.29, 0.717) is 52.9 Å². The molecule has 0 aliphatic carbocycles. The van der Waals surface area contributed by atoms with Crippen molar-refractivity contribution in [1.82, 2.24) is 9.88 Å². The fraction of sp³-hybridized carbons (Fsp3) is 0.385. The molecule has 1 aromatic carbocycles. The third-order valence-corrected chi connectivity index (χ3v) is 7.77. The van der Waals surface area contributed by atoms with Crippen molar-refractivity contribution < 1.29 is 14.2 Å². The van der Waals surface area contributed by atoms with E-state index in [2.05, 4.69) is 29.0 Å². The fourth-order valence-corrected chi connectivity index (χ4v) is 5.57. The Morgan fingerprint density at radius 1 is 1.08 bits per heavy atom. The van der Waals surface area contributed by atoms with Gasteiger partial charge in [-0.15, -0.1) is 11.3 Å². The third kappa shape index (κ3) is 6.13. The summed E-state index contributed by atoms with van der Waals surface area (Å²) in [5, 5.41) is 6.15. The lowest BCUT2D eigenvalue weighted by atomic mass is 10.2. The monoisotopic (exact) mass is 563 g/mol. The molecule has 1 aliphatic rings. The molecular weight excluding hydrogens is 533 g/mol. The van der Waals surface area contributed by atoms with Gasteiger partial charge in [0.1, 0.15) is 39.9 Å². The molecule has 37 heavy (non-hydrogen) atoms. The van der Waals surface area contributed by atoms with Gasteiger partial charge in [0.25, 0.3) is 0 Å². The van der Waals surface area contributed by atoms with Crippen LogP contribution in [0.2, 0.25) is 10.0 Å². The van der Waals surface area contributed by atoms with Crippen LogP contribution < -0.4 is 19.7 Å². The zero-order chi connectivity index (χ0) is 26.4. The smallest absolute Gasteiger partial charge is 0.148 e. The van der Waals surface area contributed by atoms with E-state index < -0.39 is 0 Å². The van der Waals surface area contributed by atoms with Crippen LogP contribution in [0, 0.1) is 0 Å². The second-order valence-electron chi connectivity index (χ2n) is 8.22. The molecule has 198 valence electrons. The number of benzene rings is 1. The Morgan fingerprint density at radius 3 is 2.43 bits per heavy atom. The number of aliphatic imine (C=N–C) groups is 1. The lowest BCUT2D eigenvalue weighted by Crippen LogP contribution is -2.28. The van der Waals surface area contributed by atoms with Crippen LogP contribution in [-0.4, -0.2) is 62.8 Å². The summed E-state index contributed by atoms with van der Waals surface area (Å²) in [6.45, 7) is 8.85. The number of likely N-dealkylation sites (N-methyl/N-ethyl adjacent to an activating group) is 1. The van der Waals surface area contributed by atoms with Crippen LogP contribution in [-0.2, 0) is 11.3 Å². The summed E-state index contributed by atoms with van der Waals surface area (Å²) in [5.74, 6) is 2.39. The van der Waals surface area contributed by atoms with Crippen LogP contribution in [0.5, 0.6) is 11.5 Å². The van der Waals surface area contributed by atoms with Crippen LogP contribution in [0.1, 0.15) is 24.3 Å². The standard InChI is InChI=1S/C26H31Cl2N5O3S/c1-5-32(6-2)10-11-36-15-17-7-8-21(29-14-17)31-26-25-18(9-12-37-25)33(16-30-26)24-22(27)19(34-3)13-20(35-4)23(24)28/h7-9,12-14H,5-6,10-11,15-16H2,1-4H3,(H,29,30,31). The molecule has 11 heteroatoms. The van der Waals surface area contributed by atoms with Crippen molar-refractivity contribution in [2.45, 2.75) is 20.5 Å². The molecule has 0 radical (unpaired) electrons. The predicted octanol–water partition coefficient (Wildman–Crippen LogP) is 6.29. The van der Waals surface area contributed by atoms with Crippen LogP contribution in [0.4, 0.5) is 17.2 Å². The molecule has 3 heterocycles. The molecule has 2 aromatic heterocycles. The minimum absolute atomic E-state index is 0.306. The van der Waals surface area contributed by atoms with Gasteiger partial charge in [-0.2, -0.15) is 0 Å². The van der Waals surface area contributed by atoms with Crippen molar-refractivity contribution in [3.8, 4) is 11.5 Å². The number of hydrogen-bond acceptors (Lipinski definition) is 9. The number of nitrogens with one attached hydrogen (secondary N) is 1. The zero-order valence-corrected chi connectivity index (χ0v) is 23.7. The van der Waals surface area contributed by atoms with Gasteiger partial charge < -0.3 is 29.3 Å². The Morgan fingerprint density at radius 2 is 1.81 bits per heavy atom. The van der Waals surface area contributed by atoms with Crippen LogP contribution >= 0.6 is 34.5 Å². The van der Waals surface area contributed by atoms with Gasteiger partial charge in [0.2, 0.25) is 0 Å². The second kappa shape index (κ2) is 12.8. The molecule has 0 saturated carbocycles. The number of fused-ring (bicyclic) bond motifs is 1. The minimum atomic E-state index is 0.306. The Kier molecular flexibility index (Phi) is 9.50. The molecule has 8 nitrogen and oxygen atoms in total. The Labute approximate surface area is 231 Å². The van der Waals surface area contributed by atoms with Gasteiger partial charge in [0.05, 0.1) is 43.7 Å². The first-order chi connectivity index (χ1) is 18.0. The van der Waals surface area contributed by atoms with Crippen molar-refractivity contribution in [1.29, 1.82) is 0 Å². The van der Waals surface area contributed by atoms with E-state index in [4.69, 9.17) is 42.4 Å². The first-order valence-electron chi connectivity index (χ1n) is 12.0. The highest BCUT2D eigenvalue weighted by atomic mass is 35.5. The summed E-state index contributed by atoms with van der Waals surface area (Å²) in [4.78, 5) is 14.6. The van der Waals surface area contributed by atoms with Gasteiger partial charge >= 0.3 is 0 Å². The number of pyridine rings is 1. The lowest BCUT2D eigenvalue weighted by Gasteiger charge is -2.30. The fourth-order valence-electron chi connectivity index (χ4n) is 4.01. The SMILES string of the molecule is CCN(CC)CCOCc1ccc(NC2=NCN(c3c(Cl)c(OC)cc(OC)c3Cl)c3ccsc32)nc1. The van der Waals surface area contributed by atoms with Crippen molar-refractivity contribution in [2.75, 3.05) is 57.3 Å². The topological polar surface area (TPSA) is 71.5 Å². The highest BCUT2D eigenvalue weighted by molar-refractivity contribution is 7.13. The van der Waals surface area contributed by atoms with Gasteiger partial charge in [-0.05, 0) is 36.2 Å². The highest BCUT2D eigenvalue weighted by Gasteiger charge is 2.29. The Balaban J connectivity index is 1.47. The first kappa shape index (κ1) is 27.5. The van der Waals surface area contributed by atoms with Gasteiger partial charge in [-0.25, -0.2) is 9.98 Å². The van der Waals surface area contributed by atoms with Crippen molar-refractivity contribution >= 4 is 57.6 Å². The van der Waals surface area contributed by atoms with Crippen molar-refractivity contribution in [2.24, 2.45) is 4.99 Å². The van der Waals surface area contributed by atoms with Gasteiger partial charge in [-0.1, -0.05) is 43.1 Å². The molecule has 0 spiro atoms. The summed E-state index contributed by atoms with van der Waals surface area (Å²) < 4.78 is 16.7. The molecule has 0 saturated heterocycles. The van der Waals surface area contributed by atoms with E-state index in [1.54, 1.807) is 31.6 Å². The van der Waals surface area contributed by atoms with E-state index in [-0.39, 0.29) is 0 Å². The third-order valence-electron chi connectivity index (χ3n) is 6.13. The molecule has 0 bridgehead atoms. The number of halogens is 2. The number of anilines is 3. The number of ether oxygens (including phenoxy) is 3. The first-order valence-corrected chi connectivity index (χ1v) is 13.7. The van der Waals surface area contributed by atoms with Gasteiger partial charge in [-0.3, -0.25) is 0 Å². The molecule has 0 amide bonds. The minimum Gasteiger partial charge on any atom is -0.495 e. The maximum Gasteiger partial charge on any atom is 0.148 e. The summed E-state index contributed by atoms with van der Waals surface area (Å²) >= 11 is 14.9. The average molecular weight is 565 g/mol. The number of methoxy groups -OCH3 is 2. The predicted molar refractivity (Wildman–Crippen MR) is 153 cm³/mol. The number of aromatic nitrogens is 1. The average Bonchev–Trinajstić information content (AvgIpc) is 3.42. The normalized spacial score (nSPS) is 12.9. The zero-order valence-electron chi connectivity index (χ0n) is 21.4. The van der Waals surface area contributed by atoms with Gasteiger partial charge in [0, 0.05) is 18.8 Å². The quantitative estimate of drug-likeness (QED) is 0.275. The Hall–Kier alpha value is -2.56. The molecule has 0 atom stereocenters. The van der Waals surface area contributed by atoms with Crippen molar-refractivity contribution in [3.63, 3.8) is 0 Å². The maximum atomic E-state index is 6.68. The summed E-state index contributed by atoms with van der Waals surface area (Å²) in [5.41, 5.74) is 2.54. The summed E-state index contributed by atoms with van der Waals surface area (Å²) in [7, 11) is 3.11. The molecular formula is C26H31Cl2N5O3S. The maximum absolute atomic E-state index is 6.68. The molecule has 0 fully saturated rings. The Bertz CT molecular complexity index is 1200. The number of hydrogen-bond donors (Lipinski definition) is 1.